The van der Waals surface area contributed by atoms with Crippen molar-refractivity contribution in [3.8, 4) is 5.75 Å². The maximum atomic E-state index is 13.3. The molecule has 1 saturated heterocycles. The third-order valence-electron chi connectivity index (χ3n) is 5.87. The molecule has 2 heterocycles. The molecule has 4 rings (SSSR count). The fourth-order valence-corrected chi connectivity index (χ4v) is 4.55. The summed E-state index contributed by atoms with van der Waals surface area (Å²) in [5.74, 6) is -3.12. The molecule has 2 aromatic rings. The van der Waals surface area contributed by atoms with Crippen LogP contribution >= 0.6 is 7.60 Å². The van der Waals surface area contributed by atoms with E-state index in [2.05, 4.69) is 16.0 Å². The Morgan fingerprint density at radius 2 is 1.86 bits per heavy atom. The van der Waals surface area contributed by atoms with E-state index in [0.29, 0.717) is 5.56 Å². The number of amides is 5. The SMILES string of the molecule is O=C(O)c1cccc2c1OB(O)C(NC(=O)C(NC(=O)N1CCNC1=O)c1ccc(P(=O)(O)O)cc1)C2. The van der Waals surface area contributed by atoms with Crippen LogP contribution in [0.4, 0.5) is 9.59 Å². The zero-order valence-corrected chi connectivity index (χ0v) is 19.9. The van der Waals surface area contributed by atoms with Crippen molar-refractivity contribution in [3.63, 3.8) is 0 Å². The lowest BCUT2D eigenvalue weighted by Crippen LogP contribution is -2.56. The second kappa shape index (κ2) is 10.2. The van der Waals surface area contributed by atoms with Gasteiger partial charge < -0.3 is 40.5 Å². The first-order valence-electron chi connectivity index (χ1n) is 11.0. The highest BCUT2D eigenvalue weighted by atomic mass is 31.2. The molecule has 5 amide bonds. The number of urea groups is 2. The number of carbonyl (C=O) groups is 4. The summed E-state index contributed by atoms with van der Waals surface area (Å²) >= 11 is 0. The van der Waals surface area contributed by atoms with Gasteiger partial charge in [0.25, 0.3) is 0 Å². The normalized spacial score (nSPS) is 17.8. The minimum Gasteiger partial charge on any atom is -0.534 e. The number of rotatable bonds is 6. The molecule has 0 bridgehead atoms. The number of nitrogens with zero attached hydrogens (tertiary/aromatic N) is 1. The molecule has 14 nitrogen and oxygen atoms in total. The van der Waals surface area contributed by atoms with E-state index < -0.39 is 50.6 Å². The van der Waals surface area contributed by atoms with E-state index in [0.717, 1.165) is 17.0 Å². The number of fused-ring (bicyclic) bond motifs is 1. The molecule has 0 spiro atoms. The van der Waals surface area contributed by atoms with Gasteiger partial charge in [-0.1, -0.05) is 24.3 Å². The van der Waals surface area contributed by atoms with Gasteiger partial charge in [-0.15, -0.1) is 0 Å². The number of carboxylic acid groups (broad SMARTS) is 1. The quantitative estimate of drug-likeness (QED) is 0.180. The molecule has 7 N–H and O–H groups in total. The second-order valence-corrected chi connectivity index (χ2v) is 9.93. The minimum atomic E-state index is -4.56. The van der Waals surface area contributed by atoms with Crippen molar-refractivity contribution < 1.29 is 48.3 Å². The highest BCUT2D eigenvalue weighted by molar-refractivity contribution is 7.60. The fourth-order valence-electron chi connectivity index (χ4n) is 4.01. The lowest BCUT2D eigenvalue weighted by atomic mass is 9.72. The number of carboxylic acids is 1. The Hall–Kier alpha value is -3.91. The van der Waals surface area contributed by atoms with Crippen molar-refractivity contribution in [2.45, 2.75) is 18.4 Å². The van der Waals surface area contributed by atoms with Gasteiger partial charge in [0.05, 0.1) is 16.8 Å². The molecular weight excluding hydrogens is 510 g/mol. The third kappa shape index (κ3) is 5.59. The van der Waals surface area contributed by atoms with E-state index in [1.54, 1.807) is 6.07 Å². The molecule has 1 fully saturated rings. The highest BCUT2D eigenvalue weighted by Crippen LogP contribution is 2.33. The Balaban J connectivity index is 1.58. The van der Waals surface area contributed by atoms with E-state index in [-0.39, 0.29) is 41.7 Å². The van der Waals surface area contributed by atoms with Crippen molar-refractivity contribution in [2.75, 3.05) is 13.1 Å². The summed E-state index contributed by atoms with van der Waals surface area (Å²) < 4.78 is 16.9. The van der Waals surface area contributed by atoms with Crippen LogP contribution in [-0.4, -0.2) is 74.9 Å². The van der Waals surface area contributed by atoms with E-state index in [1.807, 2.05) is 0 Å². The number of nitrogens with one attached hydrogen (secondary N) is 3. The Kier molecular flexibility index (Phi) is 7.23. The number of hydrogen-bond donors (Lipinski definition) is 7. The zero-order chi connectivity index (χ0) is 26.9. The molecule has 37 heavy (non-hydrogen) atoms. The summed E-state index contributed by atoms with van der Waals surface area (Å²) in [5.41, 5.74) is 0.416. The lowest BCUT2D eigenvalue weighted by molar-refractivity contribution is -0.123. The summed E-state index contributed by atoms with van der Waals surface area (Å²) in [6.07, 6.45) is 0.00962. The van der Waals surface area contributed by atoms with Crippen LogP contribution in [0.3, 0.4) is 0 Å². The number of hydrogen-bond acceptors (Lipinski definition) is 7. The topological polar surface area (TPSA) is 215 Å². The number of imide groups is 1. The summed E-state index contributed by atoms with van der Waals surface area (Å²) in [6, 6.07) is 6.12. The van der Waals surface area contributed by atoms with Crippen LogP contribution in [0.25, 0.3) is 0 Å². The number of benzene rings is 2. The molecule has 16 heteroatoms. The Labute approximate surface area is 209 Å². The predicted molar refractivity (Wildman–Crippen MR) is 127 cm³/mol. The van der Waals surface area contributed by atoms with Gasteiger partial charge in [-0.2, -0.15) is 0 Å². The first kappa shape index (κ1) is 26.2. The van der Waals surface area contributed by atoms with Crippen LogP contribution in [0.1, 0.15) is 27.5 Å². The molecule has 194 valence electrons. The van der Waals surface area contributed by atoms with Gasteiger partial charge in [0.1, 0.15) is 11.8 Å². The van der Waals surface area contributed by atoms with Gasteiger partial charge in [-0.05, 0) is 35.7 Å². The van der Waals surface area contributed by atoms with Crippen molar-refractivity contribution in [2.24, 2.45) is 0 Å². The minimum absolute atomic E-state index is 0.00962. The van der Waals surface area contributed by atoms with E-state index in [4.69, 9.17) is 4.65 Å². The van der Waals surface area contributed by atoms with Gasteiger partial charge in [0, 0.05) is 13.1 Å². The third-order valence-corrected chi connectivity index (χ3v) is 6.84. The average molecular weight is 532 g/mol. The predicted octanol–water partition coefficient (Wildman–Crippen LogP) is -0.897. The Morgan fingerprint density at radius 3 is 2.46 bits per heavy atom. The molecule has 2 atom stereocenters. The van der Waals surface area contributed by atoms with E-state index in [9.17, 15) is 43.7 Å². The average Bonchev–Trinajstić information content (AvgIpc) is 3.27. The van der Waals surface area contributed by atoms with Gasteiger partial charge in [0.2, 0.25) is 5.91 Å². The van der Waals surface area contributed by atoms with Gasteiger partial charge in [0.15, 0.2) is 0 Å². The molecule has 2 aliphatic heterocycles. The van der Waals surface area contributed by atoms with Crippen molar-refractivity contribution >= 4 is 44.0 Å². The number of para-hydroxylation sites is 1. The van der Waals surface area contributed by atoms with Crippen LogP contribution in [-0.2, 0) is 15.8 Å². The van der Waals surface area contributed by atoms with Crippen LogP contribution in [0.2, 0.25) is 0 Å². The molecular formula is C21H22BN4O10P. The first-order valence-corrected chi connectivity index (χ1v) is 12.6. The molecule has 0 saturated carbocycles. The first-order chi connectivity index (χ1) is 17.5. The lowest BCUT2D eigenvalue weighted by Gasteiger charge is -2.30. The van der Waals surface area contributed by atoms with Crippen LogP contribution in [0.15, 0.2) is 42.5 Å². The molecule has 0 aromatic heterocycles. The maximum absolute atomic E-state index is 13.3. The molecule has 2 aromatic carbocycles. The number of carbonyl (C=O) groups excluding carboxylic acids is 3. The maximum Gasteiger partial charge on any atom is 0.547 e. The molecule has 2 unspecified atom stereocenters. The van der Waals surface area contributed by atoms with Crippen LogP contribution in [0.5, 0.6) is 5.75 Å². The molecule has 0 radical (unpaired) electrons. The van der Waals surface area contributed by atoms with Crippen LogP contribution in [0, 0.1) is 0 Å². The smallest absolute Gasteiger partial charge is 0.534 e. The molecule has 2 aliphatic rings. The van der Waals surface area contributed by atoms with Gasteiger partial charge >= 0.3 is 32.7 Å². The summed E-state index contributed by atoms with van der Waals surface area (Å²) in [6.45, 7) is 0.289. The van der Waals surface area contributed by atoms with E-state index >= 15 is 0 Å². The number of aromatic carboxylic acids is 1. The van der Waals surface area contributed by atoms with Gasteiger partial charge in [-0.3, -0.25) is 9.36 Å². The zero-order valence-electron chi connectivity index (χ0n) is 19.0. The highest BCUT2D eigenvalue weighted by Gasteiger charge is 2.40. The standard InChI is InChI=1S/C21H22BN4O10P/c27-18(24-15-10-12-2-1-3-14(19(28)29)17(12)36-22(15)32)16(25-21(31)26-9-8-23-20(26)30)11-4-6-13(7-5-11)37(33,34)35/h1-7,15-16,32H,8-10H2,(H,23,30)(H,24,27)(H,25,31)(H,28,29)(H2,33,34,35). The Morgan fingerprint density at radius 1 is 1.16 bits per heavy atom. The molecule has 0 aliphatic carbocycles. The monoisotopic (exact) mass is 532 g/mol. The summed E-state index contributed by atoms with van der Waals surface area (Å²) in [7, 11) is -6.18. The van der Waals surface area contributed by atoms with Crippen LogP contribution < -0.4 is 25.9 Å². The van der Waals surface area contributed by atoms with E-state index in [1.165, 1.54) is 24.3 Å². The summed E-state index contributed by atoms with van der Waals surface area (Å²) in [5, 5.41) is 27.0. The van der Waals surface area contributed by atoms with Gasteiger partial charge in [-0.25, -0.2) is 19.3 Å². The Bertz CT molecular complexity index is 1300. The largest absolute Gasteiger partial charge is 0.547 e. The van der Waals surface area contributed by atoms with Crippen molar-refractivity contribution in [1.82, 2.24) is 20.9 Å². The fraction of sp³-hybridized carbons (Fsp3) is 0.238. The summed E-state index contributed by atoms with van der Waals surface area (Å²) in [4.78, 5) is 68.9. The van der Waals surface area contributed by atoms with Crippen molar-refractivity contribution in [1.29, 1.82) is 0 Å². The second-order valence-electron chi connectivity index (χ2n) is 8.33. The van der Waals surface area contributed by atoms with Crippen molar-refractivity contribution in [3.05, 3.63) is 59.2 Å².